The van der Waals surface area contributed by atoms with E-state index in [1.165, 1.54) is 11.1 Å². The summed E-state index contributed by atoms with van der Waals surface area (Å²) in [6.45, 7) is 6.57. The molecule has 1 heteroatoms. The first-order chi connectivity index (χ1) is 9.60. The molecule has 0 aliphatic carbocycles. The smallest absolute Gasteiger partial charge is 0.104 e. The van der Waals surface area contributed by atoms with Crippen LogP contribution in [0.25, 0.3) is 0 Å². The lowest BCUT2D eigenvalue weighted by atomic mass is 9.96. The number of aliphatic hydroxyl groups excluding tert-OH is 1. The first kappa shape index (κ1) is 14.8. The van der Waals surface area contributed by atoms with Crippen LogP contribution in [-0.4, -0.2) is 5.11 Å². The Bertz CT molecular complexity index is 540. The van der Waals surface area contributed by atoms with Gasteiger partial charge in [0.2, 0.25) is 0 Å². The van der Waals surface area contributed by atoms with Crippen molar-refractivity contribution in [3.63, 3.8) is 0 Å². The summed E-state index contributed by atoms with van der Waals surface area (Å²) in [5.41, 5.74) is 4.53. The summed E-state index contributed by atoms with van der Waals surface area (Å²) in [6.07, 6.45) is 1.55. The number of benzene rings is 2. The Hall–Kier alpha value is -1.60. The molecule has 106 valence electrons. The number of aryl methyl sites for hydroxylation is 1. The lowest BCUT2D eigenvalue weighted by molar-refractivity contribution is 0.220. The van der Waals surface area contributed by atoms with Crippen LogP contribution < -0.4 is 0 Å². The molecule has 2 rings (SSSR count). The molecule has 20 heavy (non-hydrogen) atoms. The molecule has 0 aromatic heterocycles. The fourth-order valence-corrected chi connectivity index (χ4v) is 2.48. The maximum absolute atomic E-state index is 10.5. The Morgan fingerprint density at radius 3 is 2.20 bits per heavy atom. The zero-order valence-corrected chi connectivity index (χ0v) is 12.6. The third-order valence-electron chi connectivity index (χ3n) is 3.61. The van der Waals surface area contributed by atoms with Crippen molar-refractivity contribution >= 4 is 0 Å². The van der Waals surface area contributed by atoms with Gasteiger partial charge < -0.3 is 5.11 Å². The minimum Gasteiger partial charge on any atom is -0.384 e. The van der Waals surface area contributed by atoms with E-state index >= 15 is 0 Å². The molecule has 2 aromatic carbocycles. The fraction of sp³-hybridized carbons (Fsp3) is 0.368. The van der Waals surface area contributed by atoms with Gasteiger partial charge in [0, 0.05) is 0 Å². The highest BCUT2D eigenvalue weighted by molar-refractivity contribution is 5.34. The third-order valence-corrected chi connectivity index (χ3v) is 3.61. The van der Waals surface area contributed by atoms with Crippen molar-refractivity contribution in [2.24, 2.45) is 5.92 Å². The first-order valence-corrected chi connectivity index (χ1v) is 7.46. The summed E-state index contributed by atoms with van der Waals surface area (Å²) < 4.78 is 0. The van der Waals surface area contributed by atoms with Crippen molar-refractivity contribution < 1.29 is 5.11 Å². The van der Waals surface area contributed by atoms with Crippen LogP contribution in [-0.2, 0) is 12.8 Å². The van der Waals surface area contributed by atoms with Crippen molar-refractivity contribution in [3.8, 4) is 0 Å². The molecule has 1 unspecified atom stereocenters. The second kappa shape index (κ2) is 6.71. The largest absolute Gasteiger partial charge is 0.384 e. The quantitative estimate of drug-likeness (QED) is 0.844. The van der Waals surface area contributed by atoms with Gasteiger partial charge in [0.15, 0.2) is 0 Å². The van der Waals surface area contributed by atoms with Gasteiger partial charge >= 0.3 is 0 Å². The van der Waals surface area contributed by atoms with E-state index in [2.05, 4.69) is 45.0 Å². The molecule has 0 spiro atoms. The van der Waals surface area contributed by atoms with Crippen LogP contribution in [0.3, 0.4) is 0 Å². The van der Waals surface area contributed by atoms with Gasteiger partial charge in [-0.3, -0.25) is 0 Å². The minimum absolute atomic E-state index is 0.533. The highest BCUT2D eigenvalue weighted by atomic mass is 16.3. The lowest BCUT2D eigenvalue weighted by Gasteiger charge is -2.13. The molecule has 1 atom stereocenters. The Morgan fingerprint density at radius 1 is 0.900 bits per heavy atom. The Balaban J connectivity index is 2.17. The molecule has 2 aromatic rings. The van der Waals surface area contributed by atoms with E-state index in [-0.39, 0.29) is 0 Å². The van der Waals surface area contributed by atoms with Crippen LogP contribution in [0, 0.1) is 5.92 Å². The number of hydrogen-bond donors (Lipinski definition) is 1. The topological polar surface area (TPSA) is 20.2 Å². The highest BCUT2D eigenvalue weighted by Gasteiger charge is 2.10. The van der Waals surface area contributed by atoms with Gasteiger partial charge in [-0.2, -0.15) is 0 Å². The van der Waals surface area contributed by atoms with E-state index in [0.29, 0.717) is 5.92 Å². The van der Waals surface area contributed by atoms with Crippen molar-refractivity contribution in [1.29, 1.82) is 0 Å². The molecule has 1 N–H and O–H groups in total. The summed E-state index contributed by atoms with van der Waals surface area (Å²) in [6, 6.07) is 16.5. The van der Waals surface area contributed by atoms with Gasteiger partial charge in [-0.05, 0) is 41.0 Å². The normalized spacial score (nSPS) is 12.7. The van der Waals surface area contributed by atoms with Crippen molar-refractivity contribution in [1.82, 2.24) is 0 Å². The monoisotopic (exact) mass is 268 g/mol. The molecule has 0 aliphatic heterocycles. The number of rotatable bonds is 5. The zero-order valence-electron chi connectivity index (χ0n) is 12.6. The highest BCUT2D eigenvalue weighted by Crippen LogP contribution is 2.23. The summed E-state index contributed by atoms with van der Waals surface area (Å²) in [7, 11) is 0. The minimum atomic E-state index is -0.533. The third kappa shape index (κ3) is 3.71. The van der Waals surface area contributed by atoms with Gasteiger partial charge in [-0.15, -0.1) is 0 Å². The average molecular weight is 268 g/mol. The van der Waals surface area contributed by atoms with E-state index in [9.17, 15) is 5.11 Å². The van der Waals surface area contributed by atoms with E-state index in [0.717, 1.165) is 24.0 Å². The molecular weight excluding hydrogens is 244 g/mol. The standard InChI is InChI=1S/C19H24O/c1-4-15-6-5-7-18(13-15)19(20)17-10-8-16(9-11-17)12-14(2)3/h5-11,13-14,19-20H,4,12H2,1-3H3. The second-order valence-corrected chi connectivity index (χ2v) is 5.84. The van der Waals surface area contributed by atoms with E-state index in [4.69, 9.17) is 0 Å². The second-order valence-electron chi connectivity index (χ2n) is 5.84. The predicted octanol–water partition coefficient (Wildman–Crippen LogP) is 4.53. The summed E-state index contributed by atoms with van der Waals surface area (Å²) >= 11 is 0. The summed E-state index contributed by atoms with van der Waals surface area (Å²) in [5.74, 6) is 0.659. The van der Waals surface area contributed by atoms with Crippen molar-refractivity contribution in [3.05, 3.63) is 70.8 Å². The molecule has 0 aliphatic rings. The predicted molar refractivity (Wildman–Crippen MR) is 84.9 cm³/mol. The maximum Gasteiger partial charge on any atom is 0.104 e. The molecule has 0 amide bonds. The van der Waals surface area contributed by atoms with Crippen molar-refractivity contribution in [2.75, 3.05) is 0 Å². The lowest BCUT2D eigenvalue weighted by Crippen LogP contribution is -2.01. The molecule has 0 fully saturated rings. The van der Waals surface area contributed by atoms with E-state index in [1.807, 2.05) is 24.3 Å². The van der Waals surface area contributed by atoms with Crippen LogP contribution in [0.15, 0.2) is 48.5 Å². The van der Waals surface area contributed by atoms with E-state index < -0.39 is 6.10 Å². The molecule has 0 bridgehead atoms. The SMILES string of the molecule is CCc1cccc(C(O)c2ccc(CC(C)C)cc2)c1. The van der Waals surface area contributed by atoms with Gasteiger partial charge in [-0.1, -0.05) is 69.3 Å². The van der Waals surface area contributed by atoms with Crippen LogP contribution in [0.1, 0.15) is 49.1 Å². The molecular formula is C19H24O. The Kier molecular flexibility index (Phi) is 4.97. The van der Waals surface area contributed by atoms with Gasteiger partial charge in [0.25, 0.3) is 0 Å². The Morgan fingerprint density at radius 2 is 1.60 bits per heavy atom. The molecule has 0 radical (unpaired) electrons. The van der Waals surface area contributed by atoms with Gasteiger partial charge in [-0.25, -0.2) is 0 Å². The number of hydrogen-bond acceptors (Lipinski definition) is 1. The van der Waals surface area contributed by atoms with Gasteiger partial charge in [0.1, 0.15) is 6.10 Å². The fourth-order valence-electron chi connectivity index (χ4n) is 2.48. The van der Waals surface area contributed by atoms with Crippen LogP contribution in [0.4, 0.5) is 0 Å². The summed E-state index contributed by atoms with van der Waals surface area (Å²) in [5, 5.41) is 10.5. The van der Waals surface area contributed by atoms with Crippen LogP contribution in [0.5, 0.6) is 0 Å². The van der Waals surface area contributed by atoms with E-state index in [1.54, 1.807) is 0 Å². The van der Waals surface area contributed by atoms with Gasteiger partial charge in [0.05, 0.1) is 0 Å². The maximum atomic E-state index is 10.5. The Labute approximate surface area is 122 Å². The molecule has 0 heterocycles. The van der Waals surface area contributed by atoms with Crippen molar-refractivity contribution in [2.45, 2.75) is 39.7 Å². The average Bonchev–Trinajstić information content (AvgIpc) is 2.47. The molecule has 1 nitrogen and oxygen atoms in total. The van der Waals surface area contributed by atoms with Crippen LogP contribution >= 0.6 is 0 Å². The summed E-state index contributed by atoms with van der Waals surface area (Å²) in [4.78, 5) is 0. The van der Waals surface area contributed by atoms with Crippen LogP contribution in [0.2, 0.25) is 0 Å². The first-order valence-electron chi connectivity index (χ1n) is 7.46. The molecule has 0 saturated carbocycles. The zero-order chi connectivity index (χ0) is 14.5. The molecule has 0 saturated heterocycles. The number of aliphatic hydroxyl groups is 1.